The van der Waals surface area contributed by atoms with Crippen molar-refractivity contribution < 1.29 is 39.8 Å². The first-order chi connectivity index (χ1) is 15.5. The van der Waals surface area contributed by atoms with Crippen molar-refractivity contribution in [2.45, 2.75) is 67.0 Å². The number of alkyl halides is 1. The summed E-state index contributed by atoms with van der Waals surface area (Å²) in [5, 5.41) is 54.8. The Balaban J connectivity index is 1.57. The monoisotopic (exact) mass is 503 g/mol. The molecular weight excluding hydrogens is 481 g/mol. The molecule has 0 spiro atoms. The van der Waals surface area contributed by atoms with Gasteiger partial charge in [-0.2, -0.15) is 5.10 Å². The van der Waals surface area contributed by atoms with Gasteiger partial charge in [0, 0.05) is 6.42 Å². The van der Waals surface area contributed by atoms with Gasteiger partial charge in [-0.15, -0.1) is 11.6 Å². The summed E-state index contributed by atoms with van der Waals surface area (Å²) >= 11 is 13.1. The van der Waals surface area contributed by atoms with Crippen molar-refractivity contribution in [2.24, 2.45) is 0 Å². The third-order valence-corrected chi connectivity index (χ3v) is 7.15. The molecule has 1 aliphatic carbocycles. The SMILES string of the molecule is O=C(O)[C@H]1O[C@@H](Oc2cccc(CC(O)(Cn3cncn3)C3(Cl)CC3)c2Cl)[C@H](O)[C@@H](O)[C@@H]1O. The van der Waals surface area contributed by atoms with Gasteiger partial charge in [0.2, 0.25) is 6.29 Å². The standard InChI is InChI=1S/C20H23Cl2N3O8/c21-12-10(6-20(31,19(22)4-5-19)7-25-9-23-8-24-25)2-1-3-11(12)32-18-15(28)13(26)14(27)16(33-18)17(29)30/h1-3,8-9,13-16,18,26-28,31H,4-7H2,(H,29,30)/t13-,14-,15+,16-,18+,20?/m0/s1. The van der Waals surface area contributed by atoms with E-state index in [0.29, 0.717) is 18.4 Å². The number of aliphatic hydroxyl groups excluding tert-OH is 3. The van der Waals surface area contributed by atoms with Gasteiger partial charge in [0.15, 0.2) is 6.10 Å². The molecule has 0 bridgehead atoms. The van der Waals surface area contributed by atoms with Gasteiger partial charge in [0.1, 0.15) is 42.3 Å². The summed E-state index contributed by atoms with van der Waals surface area (Å²) in [5.41, 5.74) is -0.940. The van der Waals surface area contributed by atoms with Gasteiger partial charge in [-0.3, -0.25) is 0 Å². The van der Waals surface area contributed by atoms with Crippen molar-refractivity contribution in [1.29, 1.82) is 0 Å². The first kappa shape index (κ1) is 24.1. The number of hydrogen-bond donors (Lipinski definition) is 5. The fourth-order valence-electron chi connectivity index (χ4n) is 3.89. The summed E-state index contributed by atoms with van der Waals surface area (Å²) in [6.07, 6.45) is -4.76. The van der Waals surface area contributed by atoms with Crippen molar-refractivity contribution in [1.82, 2.24) is 14.8 Å². The van der Waals surface area contributed by atoms with Gasteiger partial charge in [-0.05, 0) is 24.5 Å². The van der Waals surface area contributed by atoms with Crippen LogP contribution in [-0.4, -0.2) is 87.4 Å². The fraction of sp³-hybridized carbons (Fsp3) is 0.550. The molecule has 1 unspecified atom stereocenters. The van der Waals surface area contributed by atoms with Crippen molar-refractivity contribution in [3.8, 4) is 5.75 Å². The molecule has 0 radical (unpaired) electrons. The highest BCUT2D eigenvalue weighted by molar-refractivity contribution is 6.33. The molecule has 6 atom stereocenters. The maximum Gasteiger partial charge on any atom is 0.335 e. The van der Waals surface area contributed by atoms with Crippen LogP contribution in [0.2, 0.25) is 5.02 Å². The number of ether oxygens (including phenoxy) is 2. The number of carboxylic acids is 1. The van der Waals surface area contributed by atoms with E-state index in [1.54, 1.807) is 12.1 Å². The Morgan fingerprint density at radius 3 is 2.61 bits per heavy atom. The average molecular weight is 504 g/mol. The Labute approximate surface area is 198 Å². The molecule has 2 aliphatic rings. The first-order valence-electron chi connectivity index (χ1n) is 10.1. The summed E-state index contributed by atoms with van der Waals surface area (Å²) in [5.74, 6) is -1.51. The summed E-state index contributed by atoms with van der Waals surface area (Å²) in [4.78, 5) is 14.3. The maximum absolute atomic E-state index is 11.5. The van der Waals surface area contributed by atoms with E-state index in [1.807, 2.05) is 0 Å². The molecule has 11 nitrogen and oxygen atoms in total. The zero-order chi connectivity index (χ0) is 24.0. The van der Waals surface area contributed by atoms with E-state index in [4.69, 9.17) is 32.7 Å². The maximum atomic E-state index is 11.5. The van der Waals surface area contributed by atoms with E-state index in [9.17, 15) is 30.3 Å². The number of carbonyl (C=O) groups is 1. The highest BCUT2D eigenvalue weighted by atomic mass is 35.5. The van der Waals surface area contributed by atoms with Crippen LogP contribution in [0, 0.1) is 0 Å². The summed E-state index contributed by atoms with van der Waals surface area (Å²) in [6.45, 7) is 0.0761. The van der Waals surface area contributed by atoms with Crippen LogP contribution in [0.5, 0.6) is 5.75 Å². The Morgan fingerprint density at radius 2 is 2.00 bits per heavy atom. The molecule has 13 heteroatoms. The molecule has 1 aliphatic heterocycles. The molecule has 180 valence electrons. The number of halogens is 2. The minimum atomic E-state index is -1.84. The fourth-order valence-corrected chi connectivity index (χ4v) is 4.35. The molecule has 0 amide bonds. The van der Waals surface area contributed by atoms with E-state index in [1.165, 1.54) is 23.4 Å². The Hall–Kier alpha value is -1.99. The molecule has 1 aromatic heterocycles. The normalized spacial score (nSPS) is 30.4. The number of benzene rings is 1. The van der Waals surface area contributed by atoms with Crippen LogP contribution in [0.1, 0.15) is 18.4 Å². The number of carboxylic acid groups (broad SMARTS) is 1. The lowest BCUT2D eigenvalue weighted by atomic mass is 9.88. The number of aromatic nitrogens is 3. The number of nitrogens with zero attached hydrogens (tertiary/aromatic N) is 3. The lowest BCUT2D eigenvalue weighted by molar-refractivity contribution is -0.271. The second-order valence-corrected chi connectivity index (χ2v) is 9.45. The zero-order valence-corrected chi connectivity index (χ0v) is 18.7. The van der Waals surface area contributed by atoms with Gasteiger partial charge < -0.3 is 35.0 Å². The largest absolute Gasteiger partial charge is 0.479 e. The van der Waals surface area contributed by atoms with Crippen LogP contribution >= 0.6 is 23.2 Å². The average Bonchev–Trinajstić information content (AvgIpc) is 3.33. The van der Waals surface area contributed by atoms with Crippen molar-refractivity contribution in [2.75, 3.05) is 0 Å². The van der Waals surface area contributed by atoms with E-state index in [2.05, 4.69) is 10.1 Å². The molecule has 2 fully saturated rings. The Kier molecular flexibility index (Phi) is 6.58. The molecule has 4 rings (SSSR count). The van der Waals surface area contributed by atoms with E-state index >= 15 is 0 Å². The minimum absolute atomic E-state index is 0.0217. The summed E-state index contributed by atoms with van der Waals surface area (Å²) in [6, 6.07) is 4.72. The molecule has 1 saturated heterocycles. The van der Waals surface area contributed by atoms with Crippen molar-refractivity contribution in [3.63, 3.8) is 0 Å². The van der Waals surface area contributed by atoms with Gasteiger partial charge in [0.25, 0.3) is 0 Å². The van der Waals surface area contributed by atoms with Crippen LogP contribution in [0.15, 0.2) is 30.9 Å². The van der Waals surface area contributed by atoms with Gasteiger partial charge in [0.05, 0.1) is 16.4 Å². The highest BCUT2D eigenvalue weighted by Gasteiger charge is 2.58. The Morgan fingerprint density at radius 1 is 1.27 bits per heavy atom. The van der Waals surface area contributed by atoms with Crippen LogP contribution in [0.4, 0.5) is 0 Å². The van der Waals surface area contributed by atoms with Crippen LogP contribution < -0.4 is 4.74 Å². The topological polar surface area (TPSA) is 167 Å². The molecule has 2 heterocycles. The summed E-state index contributed by atoms with van der Waals surface area (Å²) in [7, 11) is 0. The summed E-state index contributed by atoms with van der Waals surface area (Å²) < 4.78 is 12.2. The predicted octanol–water partition coefficient (Wildman–Crippen LogP) is -0.0523. The highest BCUT2D eigenvalue weighted by Crippen LogP contribution is 2.53. The van der Waals surface area contributed by atoms with Crippen LogP contribution in [0.25, 0.3) is 0 Å². The molecule has 5 N–H and O–H groups in total. The minimum Gasteiger partial charge on any atom is -0.479 e. The zero-order valence-electron chi connectivity index (χ0n) is 17.2. The number of rotatable bonds is 8. The number of aliphatic hydroxyl groups is 4. The van der Waals surface area contributed by atoms with Crippen LogP contribution in [0.3, 0.4) is 0 Å². The van der Waals surface area contributed by atoms with E-state index in [-0.39, 0.29) is 23.7 Å². The number of hydrogen-bond acceptors (Lipinski definition) is 9. The molecule has 1 saturated carbocycles. The Bertz CT molecular complexity index is 1010. The molecule has 1 aromatic carbocycles. The van der Waals surface area contributed by atoms with E-state index in [0.717, 1.165) is 0 Å². The smallest absolute Gasteiger partial charge is 0.335 e. The molecule has 2 aromatic rings. The van der Waals surface area contributed by atoms with Gasteiger partial charge >= 0.3 is 5.97 Å². The molecular formula is C20H23Cl2N3O8. The first-order valence-corrected chi connectivity index (χ1v) is 10.9. The third-order valence-electron chi connectivity index (χ3n) is 6.00. The lowest BCUT2D eigenvalue weighted by Gasteiger charge is -2.38. The third kappa shape index (κ3) is 4.67. The van der Waals surface area contributed by atoms with Crippen molar-refractivity contribution >= 4 is 29.2 Å². The van der Waals surface area contributed by atoms with Gasteiger partial charge in [-0.25, -0.2) is 14.5 Å². The van der Waals surface area contributed by atoms with E-state index < -0.39 is 47.2 Å². The second kappa shape index (κ2) is 8.99. The number of aliphatic carboxylic acids is 1. The predicted molar refractivity (Wildman–Crippen MR) is 113 cm³/mol. The second-order valence-electron chi connectivity index (χ2n) is 8.35. The lowest BCUT2D eigenvalue weighted by Crippen LogP contribution is -2.61. The van der Waals surface area contributed by atoms with Crippen LogP contribution in [-0.2, 0) is 22.5 Å². The quantitative estimate of drug-likeness (QED) is 0.308. The molecule has 33 heavy (non-hydrogen) atoms. The van der Waals surface area contributed by atoms with Crippen molar-refractivity contribution in [3.05, 3.63) is 41.4 Å². The van der Waals surface area contributed by atoms with Gasteiger partial charge in [-0.1, -0.05) is 23.7 Å².